The zero-order chi connectivity index (χ0) is 16.8. The van der Waals surface area contributed by atoms with Crippen LogP contribution in [0, 0.1) is 23.7 Å². The molecule has 0 aliphatic heterocycles. The van der Waals surface area contributed by atoms with Crippen LogP contribution in [0.3, 0.4) is 0 Å². The molecule has 0 radical (unpaired) electrons. The van der Waals surface area contributed by atoms with Crippen LogP contribution in [0.2, 0.25) is 0 Å². The summed E-state index contributed by atoms with van der Waals surface area (Å²) in [7, 11) is 0. The molecule has 0 amide bonds. The van der Waals surface area contributed by atoms with Gasteiger partial charge >= 0.3 is 0 Å². The first-order valence-electron chi connectivity index (χ1n) is 8.02. The standard InChI is InChI=1S/C18H23N3OS/c1-11-5-7-12(8-6-11)19-16(23)21-20-14-13-9-10-18(4,15(14)22)17(13,2)3/h5-8,13H,9-10H2,1-4H3,(H2,19,21,23)/b20-14-. The third-order valence-corrected chi connectivity index (χ3v) is 6.07. The minimum atomic E-state index is -0.288. The van der Waals surface area contributed by atoms with Gasteiger partial charge in [-0.15, -0.1) is 0 Å². The molecule has 122 valence electrons. The molecule has 0 saturated heterocycles. The Kier molecular flexibility index (Phi) is 3.79. The molecule has 2 aliphatic rings. The van der Waals surface area contributed by atoms with Crippen molar-refractivity contribution in [2.45, 2.75) is 40.5 Å². The largest absolute Gasteiger partial charge is 0.331 e. The van der Waals surface area contributed by atoms with Gasteiger partial charge in [-0.3, -0.25) is 10.2 Å². The summed E-state index contributed by atoms with van der Waals surface area (Å²) in [6, 6.07) is 7.95. The highest BCUT2D eigenvalue weighted by Crippen LogP contribution is 2.62. The highest BCUT2D eigenvalue weighted by Gasteiger charge is 2.65. The van der Waals surface area contributed by atoms with E-state index in [1.54, 1.807) is 0 Å². The van der Waals surface area contributed by atoms with Crippen molar-refractivity contribution in [1.29, 1.82) is 0 Å². The van der Waals surface area contributed by atoms with E-state index in [1.165, 1.54) is 5.56 Å². The molecule has 0 spiro atoms. The Bertz CT molecular complexity index is 693. The Hall–Kier alpha value is -1.75. The van der Waals surface area contributed by atoms with Crippen LogP contribution in [0.25, 0.3) is 0 Å². The zero-order valence-electron chi connectivity index (χ0n) is 14.1. The van der Waals surface area contributed by atoms with Gasteiger partial charge in [0.05, 0.1) is 0 Å². The number of nitrogens with one attached hydrogen (secondary N) is 2. The molecule has 2 saturated carbocycles. The molecule has 2 bridgehead atoms. The lowest BCUT2D eigenvalue weighted by Crippen LogP contribution is -2.34. The normalized spacial score (nSPS) is 29.8. The van der Waals surface area contributed by atoms with Crippen LogP contribution in [-0.4, -0.2) is 16.6 Å². The molecule has 5 heteroatoms. The maximum Gasteiger partial charge on any atom is 0.191 e. The van der Waals surface area contributed by atoms with Crippen LogP contribution in [0.5, 0.6) is 0 Å². The molecule has 23 heavy (non-hydrogen) atoms. The van der Waals surface area contributed by atoms with E-state index in [4.69, 9.17) is 12.2 Å². The van der Waals surface area contributed by atoms with Crippen LogP contribution in [0.4, 0.5) is 5.69 Å². The number of hydrazone groups is 1. The van der Waals surface area contributed by atoms with Gasteiger partial charge in [0.1, 0.15) is 5.71 Å². The number of rotatable bonds is 2. The molecule has 4 nitrogen and oxygen atoms in total. The number of Topliss-reactive ketones (excluding diaryl/α,β-unsaturated/α-hetero) is 1. The molecule has 2 unspecified atom stereocenters. The van der Waals surface area contributed by atoms with Gasteiger partial charge in [0.2, 0.25) is 0 Å². The molecular weight excluding hydrogens is 306 g/mol. The second kappa shape index (κ2) is 5.41. The summed E-state index contributed by atoms with van der Waals surface area (Å²) < 4.78 is 0. The van der Waals surface area contributed by atoms with E-state index >= 15 is 0 Å². The van der Waals surface area contributed by atoms with Gasteiger partial charge in [-0.25, -0.2) is 0 Å². The number of thiocarbonyl (C=S) groups is 1. The lowest BCUT2D eigenvalue weighted by Gasteiger charge is -2.31. The Labute approximate surface area is 142 Å². The lowest BCUT2D eigenvalue weighted by atomic mass is 9.70. The predicted molar refractivity (Wildman–Crippen MR) is 97.6 cm³/mol. The number of hydrogen-bond donors (Lipinski definition) is 2. The Morgan fingerprint density at radius 3 is 2.48 bits per heavy atom. The summed E-state index contributed by atoms with van der Waals surface area (Å²) in [5, 5.41) is 7.84. The number of fused-ring (bicyclic) bond motifs is 2. The fourth-order valence-electron chi connectivity index (χ4n) is 3.86. The number of anilines is 1. The van der Waals surface area contributed by atoms with Crippen molar-refractivity contribution >= 4 is 34.5 Å². The number of carbonyl (C=O) groups is 1. The fourth-order valence-corrected chi connectivity index (χ4v) is 4.03. The number of aryl methyl sites for hydroxylation is 1. The summed E-state index contributed by atoms with van der Waals surface area (Å²) in [5.74, 6) is 0.388. The van der Waals surface area contributed by atoms with Crippen LogP contribution >= 0.6 is 12.2 Å². The first-order valence-corrected chi connectivity index (χ1v) is 8.42. The SMILES string of the molecule is Cc1ccc(NC(=S)N/N=C2\C(=O)C3(C)CCC2C3(C)C)cc1. The number of carbonyl (C=O) groups excluding carboxylic acids is 1. The molecule has 3 rings (SSSR count). The summed E-state index contributed by atoms with van der Waals surface area (Å²) in [4.78, 5) is 12.7. The van der Waals surface area contributed by atoms with E-state index in [0.29, 0.717) is 10.8 Å². The van der Waals surface area contributed by atoms with E-state index in [9.17, 15) is 4.79 Å². The second-order valence-electron chi connectivity index (χ2n) is 7.40. The van der Waals surface area contributed by atoms with Crippen LogP contribution < -0.4 is 10.7 Å². The molecule has 2 atom stereocenters. The zero-order valence-corrected chi connectivity index (χ0v) is 14.9. The fraction of sp³-hybridized carbons (Fsp3) is 0.500. The van der Waals surface area contributed by atoms with Crippen molar-refractivity contribution in [3.8, 4) is 0 Å². The maximum absolute atomic E-state index is 12.7. The van der Waals surface area contributed by atoms with Crippen LogP contribution in [0.1, 0.15) is 39.2 Å². The Morgan fingerprint density at radius 1 is 1.26 bits per heavy atom. The smallest absolute Gasteiger partial charge is 0.191 e. The quantitative estimate of drug-likeness (QED) is 0.642. The van der Waals surface area contributed by atoms with E-state index in [1.807, 2.05) is 31.2 Å². The first-order chi connectivity index (χ1) is 10.8. The van der Waals surface area contributed by atoms with E-state index in [0.717, 1.165) is 18.5 Å². The van der Waals surface area contributed by atoms with Gasteiger partial charge in [-0.1, -0.05) is 38.5 Å². The molecule has 2 N–H and O–H groups in total. The minimum Gasteiger partial charge on any atom is -0.331 e. The molecular formula is C18H23N3OS. The van der Waals surface area contributed by atoms with Gasteiger partial charge in [0.25, 0.3) is 0 Å². The van der Waals surface area contributed by atoms with E-state index < -0.39 is 0 Å². The van der Waals surface area contributed by atoms with Crippen molar-refractivity contribution in [3.63, 3.8) is 0 Å². The number of ketones is 1. The Balaban J connectivity index is 1.70. The Morgan fingerprint density at radius 2 is 1.91 bits per heavy atom. The van der Waals surface area contributed by atoms with Gasteiger partial charge < -0.3 is 5.32 Å². The topological polar surface area (TPSA) is 53.5 Å². The highest BCUT2D eigenvalue weighted by molar-refractivity contribution is 7.80. The number of benzene rings is 1. The van der Waals surface area contributed by atoms with Gasteiger partial charge in [-0.05, 0) is 49.5 Å². The summed E-state index contributed by atoms with van der Waals surface area (Å²) in [6.45, 7) is 8.46. The van der Waals surface area contributed by atoms with Gasteiger partial charge in [0, 0.05) is 17.0 Å². The minimum absolute atomic E-state index is 0.0311. The van der Waals surface area contributed by atoms with E-state index in [2.05, 4.69) is 36.6 Å². The van der Waals surface area contributed by atoms with Crippen molar-refractivity contribution in [1.82, 2.24) is 5.43 Å². The van der Waals surface area contributed by atoms with Crippen LogP contribution in [-0.2, 0) is 4.79 Å². The first kappa shape index (κ1) is 16.1. The monoisotopic (exact) mass is 329 g/mol. The maximum atomic E-state index is 12.7. The van der Waals surface area contributed by atoms with Crippen molar-refractivity contribution < 1.29 is 4.79 Å². The molecule has 0 heterocycles. The third kappa shape index (κ3) is 2.47. The summed E-state index contributed by atoms with van der Waals surface area (Å²) in [5.41, 5.74) is 5.27. The molecule has 2 aliphatic carbocycles. The van der Waals surface area contributed by atoms with Crippen LogP contribution in [0.15, 0.2) is 29.4 Å². The molecule has 2 fully saturated rings. The van der Waals surface area contributed by atoms with Crippen molar-refractivity contribution in [2.75, 3.05) is 5.32 Å². The average molecular weight is 329 g/mol. The summed E-state index contributed by atoms with van der Waals surface area (Å²) >= 11 is 5.27. The highest BCUT2D eigenvalue weighted by atomic mass is 32.1. The number of nitrogens with zero attached hydrogens (tertiary/aromatic N) is 1. The lowest BCUT2D eigenvalue weighted by molar-refractivity contribution is -0.123. The second-order valence-corrected chi connectivity index (χ2v) is 7.81. The van der Waals surface area contributed by atoms with E-state index in [-0.39, 0.29) is 22.5 Å². The van der Waals surface area contributed by atoms with Gasteiger partial charge in [-0.2, -0.15) is 5.10 Å². The summed E-state index contributed by atoms with van der Waals surface area (Å²) in [6.07, 6.45) is 1.97. The number of hydrogen-bond acceptors (Lipinski definition) is 3. The molecule has 1 aromatic carbocycles. The van der Waals surface area contributed by atoms with Gasteiger partial charge in [0.15, 0.2) is 10.9 Å². The van der Waals surface area contributed by atoms with Crippen molar-refractivity contribution in [3.05, 3.63) is 29.8 Å². The third-order valence-electron chi connectivity index (χ3n) is 5.88. The molecule has 0 aromatic heterocycles. The van der Waals surface area contributed by atoms with Crippen molar-refractivity contribution in [2.24, 2.45) is 21.8 Å². The average Bonchev–Trinajstić information content (AvgIpc) is 2.80. The predicted octanol–water partition coefficient (Wildman–Crippen LogP) is 3.66. The molecule has 1 aromatic rings.